The summed E-state index contributed by atoms with van der Waals surface area (Å²) in [5, 5.41) is 4.69. The van der Waals surface area contributed by atoms with Crippen LogP contribution in [0.5, 0.6) is 0 Å². The third-order valence-electron chi connectivity index (χ3n) is 3.32. The molecule has 0 aliphatic carbocycles. The largest absolute Gasteiger partial charge is 0.359 e. The first-order valence-corrected chi connectivity index (χ1v) is 6.01. The maximum Gasteiger partial charge on any atom is 0.318 e. The monoisotopic (exact) mass is 256 g/mol. The Morgan fingerprint density at radius 3 is 2.28 bits per heavy atom. The smallest absolute Gasteiger partial charge is 0.318 e. The number of primary amides is 1. The molecule has 7 heteroatoms. The standard InChI is InChI=1S/C11H20N4O3/c1-7(9(16)14-11(12)18)15-5-3-8(4-6-15)10(17)13-2/h7-8H,3-6H2,1-2H3,(H,13,17)(H3,12,14,16,18)/t7-/m0/s1. The number of carbonyl (C=O) groups is 3. The van der Waals surface area contributed by atoms with Gasteiger partial charge < -0.3 is 11.1 Å². The molecule has 0 aromatic heterocycles. The fraction of sp³-hybridized carbons (Fsp3) is 0.727. The number of nitrogens with zero attached hydrogens (tertiary/aromatic N) is 1. The van der Waals surface area contributed by atoms with Crippen molar-refractivity contribution in [1.29, 1.82) is 0 Å². The van der Waals surface area contributed by atoms with Crippen LogP contribution in [0.3, 0.4) is 0 Å². The molecule has 1 fully saturated rings. The first kappa shape index (κ1) is 14.4. The lowest BCUT2D eigenvalue weighted by Gasteiger charge is -2.34. The van der Waals surface area contributed by atoms with Crippen LogP contribution in [-0.2, 0) is 9.59 Å². The Balaban J connectivity index is 2.45. The Kier molecular flexibility index (Phi) is 5.08. The van der Waals surface area contributed by atoms with Gasteiger partial charge in [-0.05, 0) is 32.9 Å². The maximum absolute atomic E-state index is 11.6. The molecule has 0 saturated carbocycles. The molecule has 0 aromatic carbocycles. The predicted octanol–water partition coefficient (Wildman–Crippen LogP) is -0.972. The van der Waals surface area contributed by atoms with Crippen LogP contribution in [0.15, 0.2) is 0 Å². The van der Waals surface area contributed by atoms with Crippen molar-refractivity contribution in [1.82, 2.24) is 15.5 Å². The Labute approximate surface area is 106 Å². The van der Waals surface area contributed by atoms with Gasteiger partial charge in [0.2, 0.25) is 11.8 Å². The summed E-state index contributed by atoms with van der Waals surface area (Å²) in [6.45, 7) is 3.04. The molecule has 18 heavy (non-hydrogen) atoms. The van der Waals surface area contributed by atoms with E-state index in [-0.39, 0.29) is 11.8 Å². The van der Waals surface area contributed by atoms with Crippen LogP contribution < -0.4 is 16.4 Å². The van der Waals surface area contributed by atoms with E-state index in [1.165, 1.54) is 0 Å². The molecule has 7 nitrogen and oxygen atoms in total. The first-order valence-electron chi connectivity index (χ1n) is 6.01. The van der Waals surface area contributed by atoms with Gasteiger partial charge in [0.1, 0.15) is 0 Å². The lowest BCUT2D eigenvalue weighted by atomic mass is 9.95. The molecule has 1 heterocycles. The highest BCUT2D eigenvalue weighted by atomic mass is 16.2. The summed E-state index contributed by atoms with van der Waals surface area (Å²) in [7, 11) is 1.62. The van der Waals surface area contributed by atoms with E-state index in [2.05, 4.69) is 10.6 Å². The number of amides is 4. The van der Waals surface area contributed by atoms with Crippen molar-refractivity contribution in [3.05, 3.63) is 0 Å². The van der Waals surface area contributed by atoms with Crippen LogP contribution in [0.2, 0.25) is 0 Å². The zero-order valence-electron chi connectivity index (χ0n) is 10.7. The van der Waals surface area contributed by atoms with Crippen molar-refractivity contribution in [2.24, 2.45) is 11.7 Å². The summed E-state index contributed by atoms with van der Waals surface area (Å²) in [5.74, 6) is -0.345. The minimum atomic E-state index is -0.841. The minimum Gasteiger partial charge on any atom is -0.359 e. The summed E-state index contributed by atoms with van der Waals surface area (Å²) in [5.41, 5.74) is 4.90. The third kappa shape index (κ3) is 3.69. The van der Waals surface area contributed by atoms with E-state index in [1.807, 2.05) is 4.90 Å². The fourth-order valence-electron chi connectivity index (χ4n) is 2.14. The van der Waals surface area contributed by atoms with Gasteiger partial charge in [-0.1, -0.05) is 0 Å². The van der Waals surface area contributed by atoms with Crippen molar-refractivity contribution in [3.8, 4) is 0 Å². The summed E-state index contributed by atoms with van der Waals surface area (Å²) < 4.78 is 0. The normalized spacial score (nSPS) is 19.0. The van der Waals surface area contributed by atoms with Crippen molar-refractivity contribution in [3.63, 3.8) is 0 Å². The molecular formula is C11H20N4O3. The Morgan fingerprint density at radius 1 is 1.28 bits per heavy atom. The Hall–Kier alpha value is -1.63. The van der Waals surface area contributed by atoms with E-state index in [9.17, 15) is 14.4 Å². The van der Waals surface area contributed by atoms with Gasteiger partial charge in [-0.2, -0.15) is 0 Å². The molecule has 1 saturated heterocycles. The second-order valence-corrected chi connectivity index (χ2v) is 4.45. The SMILES string of the molecule is CNC(=O)C1CCN([C@@H](C)C(=O)NC(N)=O)CC1. The van der Waals surface area contributed by atoms with E-state index in [0.717, 1.165) is 0 Å². The summed E-state index contributed by atoms with van der Waals surface area (Å²) in [6, 6.07) is -1.25. The lowest BCUT2D eigenvalue weighted by Crippen LogP contribution is -2.51. The molecule has 102 valence electrons. The summed E-state index contributed by atoms with van der Waals surface area (Å²) >= 11 is 0. The van der Waals surface area contributed by atoms with E-state index in [1.54, 1.807) is 14.0 Å². The highest BCUT2D eigenvalue weighted by Crippen LogP contribution is 2.19. The average Bonchev–Trinajstić information content (AvgIpc) is 2.36. The number of hydrogen-bond acceptors (Lipinski definition) is 4. The topological polar surface area (TPSA) is 105 Å². The van der Waals surface area contributed by atoms with Gasteiger partial charge in [-0.3, -0.25) is 19.8 Å². The van der Waals surface area contributed by atoms with Crippen LogP contribution >= 0.6 is 0 Å². The van der Waals surface area contributed by atoms with E-state index >= 15 is 0 Å². The van der Waals surface area contributed by atoms with Gasteiger partial charge in [0.25, 0.3) is 0 Å². The molecule has 0 radical (unpaired) electrons. The van der Waals surface area contributed by atoms with Crippen LogP contribution in [-0.4, -0.2) is 48.9 Å². The van der Waals surface area contributed by atoms with Crippen molar-refractivity contribution < 1.29 is 14.4 Å². The van der Waals surface area contributed by atoms with Gasteiger partial charge >= 0.3 is 6.03 Å². The highest BCUT2D eigenvalue weighted by molar-refractivity contribution is 5.96. The number of imide groups is 1. The van der Waals surface area contributed by atoms with Gasteiger partial charge in [0, 0.05) is 13.0 Å². The maximum atomic E-state index is 11.6. The van der Waals surface area contributed by atoms with Gasteiger partial charge in [-0.15, -0.1) is 0 Å². The van der Waals surface area contributed by atoms with Crippen molar-refractivity contribution in [2.45, 2.75) is 25.8 Å². The van der Waals surface area contributed by atoms with E-state index in [0.29, 0.717) is 25.9 Å². The molecule has 4 N–H and O–H groups in total. The fourth-order valence-corrected chi connectivity index (χ4v) is 2.14. The van der Waals surface area contributed by atoms with Crippen molar-refractivity contribution >= 4 is 17.8 Å². The first-order chi connectivity index (χ1) is 8.45. The molecule has 1 rings (SSSR count). The zero-order chi connectivity index (χ0) is 13.7. The zero-order valence-corrected chi connectivity index (χ0v) is 10.7. The number of nitrogens with two attached hydrogens (primary N) is 1. The summed E-state index contributed by atoms with van der Waals surface area (Å²) in [4.78, 5) is 35.6. The Bertz CT molecular complexity index is 337. The second kappa shape index (κ2) is 6.34. The number of urea groups is 1. The quantitative estimate of drug-likeness (QED) is 0.604. The molecule has 0 bridgehead atoms. The molecule has 1 aliphatic heterocycles. The van der Waals surface area contributed by atoms with E-state index in [4.69, 9.17) is 5.73 Å². The summed E-state index contributed by atoms with van der Waals surface area (Å²) in [6.07, 6.45) is 1.43. The van der Waals surface area contributed by atoms with Crippen LogP contribution in [0, 0.1) is 5.92 Å². The number of carbonyl (C=O) groups excluding carboxylic acids is 3. The second-order valence-electron chi connectivity index (χ2n) is 4.45. The number of likely N-dealkylation sites (tertiary alicyclic amines) is 1. The van der Waals surface area contributed by atoms with Crippen LogP contribution in [0.1, 0.15) is 19.8 Å². The van der Waals surface area contributed by atoms with Gasteiger partial charge in [-0.25, -0.2) is 4.79 Å². The van der Waals surface area contributed by atoms with E-state index < -0.39 is 18.0 Å². The molecular weight excluding hydrogens is 236 g/mol. The minimum absolute atomic E-state index is 0.0117. The van der Waals surface area contributed by atoms with Crippen LogP contribution in [0.4, 0.5) is 4.79 Å². The highest BCUT2D eigenvalue weighted by Gasteiger charge is 2.29. The molecule has 4 amide bonds. The molecule has 0 unspecified atom stereocenters. The number of piperidine rings is 1. The van der Waals surface area contributed by atoms with Gasteiger partial charge in [0.05, 0.1) is 6.04 Å². The predicted molar refractivity (Wildman–Crippen MR) is 65.6 cm³/mol. The molecule has 1 atom stereocenters. The Morgan fingerprint density at radius 2 is 1.83 bits per heavy atom. The number of rotatable bonds is 3. The number of nitrogens with one attached hydrogen (secondary N) is 2. The molecule has 1 aliphatic rings. The number of hydrogen-bond donors (Lipinski definition) is 3. The van der Waals surface area contributed by atoms with Crippen molar-refractivity contribution in [2.75, 3.05) is 20.1 Å². The average molecular weight is 256 g/mol. The third-order valence-corrected chi connectivity index (χ3v) is 3.32. The molecule has 0 spiro atoms. The molecule has 0 aromatic rings. The van der Waals surface area contributed by atoms with Crippen LogP contribution in [0.25, 0.3) is 0 Å². The van der Waals surface area contributed by atoms with Gasteiger partial charge in [0.15, 0.2) is 0 Å². The lowest BCUT2D eigenvalue weighted by molar-refractivity contribution is -0.127.